The van der Waals surface area contributed by atoms with Crippen molar-refractivity contribution in [2.75, 3.05) is 7.11 Å². The Kier molecular flexibility index (Phi) is 7.16. The molecule has 0 radical (unpaired) electrons. The largest absolute Gasteiger partial charge is 0.519 e. The molecule has 0 aromatic heterocycles. The molecule has 0 aliphatic carbocycles. The van der Waals surface area contributed by atoms with Crippen molar-refractivity contribution in [1.82, 2.24) is 0 Å². The fourth-order valence-corrected chi connectivity index (χ4v) is 4.29. The summed E-state index contributed by atoms with van der Waals surface area (Å²) in [5, 5.41) is 0. The highest BCUT2D eigenvalue weighted by Crippen LogP contribution is 2.34. The summed E-state index contributed by atoms with van der Waals surface area (Å²) < 4.78 is 16.1. The smallest absolute Gasteiger partial charge is 0.497 e. The predicted molar refractivity (Wildman–Crippen MR) is 143 cm³/mol. The molecular formula is C32H32O4. The van der Waals surface area contributed by atoms with Crippen molar-refractivity contribution in [3.05, 3.63) is 125 Å². The minimum atomic E-state index is -0.771. The van der Waals surface area contributed by atoms with Gasteiger partial charge in [0.2, 0.25) is 0 Å². The number of hydrogen-bond acceptors (Lipinski definition) is 4. The SMILES string of the molecule is COc1ccc(C(C)(C)c2ccc(OC(=O)Oc3ccc(C(C)(C)c4ccccc4)cc3)cc2)cc1. The first-order chi connectivity index (χ1) is 17.2. The van der Waals surface area contributed by atoms with E-state index in [1.807, 2.05) is 54.6 Å². The quantitative estimate of drug-likeness (QED) is 0.199. The molecule has 0 unspecified atom stereocenters. The van der Waals surface area contributed by atoms with Crippen LogP contribution in [0.3, 0.4) is 0 Å². The van der Waals surface area contributed by atoms with Gasteiger partial charge in [-0.25, -0.2) is 4.79 Å². The molecule has 4 heteroatoms. The molecule has 4 nitrogen and oxygen atoms in total. The highest BCUT2D eigenvalue weighted by molar-refractivity contribution is 5.67. The number of hydrogen-bond donors (Lipinski definition) is 0. The predicted octanol–water partition coefficient (Wildman–Crippen LogP) is 7.92. The summed E-state index contributed by atoms with van der Waals surface area (Å²) in [4.78, 5) is 12.4. The van der Waals surface area contributed by atoms with Crippen molar-refractivity contribution in [3.63, 3.8) is 0 Å². The van der Waals surface area contributed by atoms with Crippen molar-refractivity contribution < 1.29 is 19.0 Å². The Bertz CT molecular complexity index is 1290. The first-order valence-corrected chi connectivity index (χ1v) is 12.0. The molecule has 0 aliphatic rings. The van der Waals surface area contributed by atoms with Crippen LogP contribution in [-0.4, -0.2) is 13.3 Å². The number of carbonyl (C=O) groups excluding carboxylic acids is 1. The van der Waals surface area contributed by atoms with Crippen LogP contribution in [-0.2, 0) is 10.8 Å². The summed E-state index contributed by atoms with van der Waals surface area (Å²) in [7, 11) is 1.66. The summed E-state index contributed by atoms with van der Waals surface area (Å²) in [5.41, 5.74) is 4.23. The molecule has 0 fully saturated rings. The second-order valence-corrected chi connectivity index (χ2v) is 9.85. The normalized spacial score (nSPS) is 11.6. The zero-order valence-corrected chi connectivity index (χ0v) is 21.4. The van der Waals surface area contributed by atoms with Crippen LogP contribution < -0.4 is 14.2 Å². The molecule has 36 heavy (non-hydrogen) atoms. The Balaban J connectivity index is 1.39. The topological polar surface area (TPSA) is 44.8 Å². The maximum atomic E-state index is 12.4. The molecule has 0 saturated heterocycles. The molecule has 0 aliphatic heterocycles. The van der Waals surface area contributed by atoms with Crippen molar-refractivity contribution in [1.29, 1.82) is 0 Å². The van der Waals surface area contributed by atoms with Crippen LogP contribution in [0.4, 0.5) is 4.79 Å². The second kappa shape index (κ2) is 10.3. The molecule has 4 aromatic rings. The summed E-state index contributed by atoms with van der Waals surface area (Å²) in [6.45, 7) is 8.65. The van der Waals surface area contributed by atoms with Gasteiger partial charge in [-0.1, -0.05) is 94.4 Å². The lowest BCUT2D eigenvalue weighted by molar-refractivity contribution is 0.152. The summed E-state index contributed by atoms with van der Waals surface area (Å²) in [5.74, 6) is 1.69. The Morgan fingerprint density at radius 2 is 0.833 bits per heavy atom. The average molecular weight is 481 g/mol. The zero-order chi connectivity index (χ0) is 25.8. The minimum Gasteiger partial charge on any atom is -0.497 e. The molecule has 0 N–H and O–H groups in total. The minimum absolute atomic E-state index is 0.165. The number of carbonyl (C=O) groups is 1. The van der Waals surface area contributed by atoms with E-state index in [2.05, 4.69) is 52.0 Å². The van der Waals surface area contributed by atoms with E-state index < -0.39 is 6.16 Å². The van der Waals surface area contributed by atoms with E-state index >= 15 is 0 Å². The van der Waals surface area contributed by atoms with Gasteiger partial charge in [-0.3, -0.25) is 0 Å². The standard InChI is InChI=1S/C32H32O4/c1-31(2,23-9-7-6-8-10-23)25-13-19-28(20-14-25)35-30(33)36-29-21-15-26(16-22-29)32(3,4)24-11-17-27(34-5)18-12-24/h6-22H,1-5H3. The first kappa shape index (κ1) is 25.1. The fourth-order valence-electron chi connectivity index (χ4n) is 4.29. The third kappa shape index (κ3) is 5.44. The molecule has 0 atom stereocenters. The molecule has 0 heterocycles. The Morgan fingerprint density at radius 1 is 0.500 bits per heavy atom. The van der Waals surface area contributed by atoms with E-state index in [-0.39, 0.29) is 10.8 Å². The lowest BCUT2D eigenvalue weighted by Crippen LogP contribution is -2.19. The van der Waals surface area contributed by atoms with E-state index in [1.165, 1.54) is 5.56 Å². The van der Waals surface area contributed by atoms with Crippen LogP contribution in [0.25, 0.3) is 0 Å². The monoisotopic (exact) mass is 480 g/mol. The molecule has 0 spiro atoms. The summed E-state index contributed by atoms with van der Waals surface area (Å²) >= 11 is 0. The molecule has 0 bridgehead atoms. The lowest BCUT2D eigenvalue weighted by atomic mass is 9.78. The number of methoxy groups -OCH3 is 1. The van der Waals surface area contributed by atoms with Crippen LogP contribution in [0.1, 0.15) is 49.9 Å². The summed E-state index contributed by atoms with van der Waals surface area (Å²) in [6, 6.07) is 33.4. The lowest BCUT2D eigenvalue weighted by Gasteiger charge is -2.26. The molecule has 0 saturated carbocycles. The van der Waals surface area contributed by atoms with Crippen molar-refractivity contribution >= 4 is 6.16 Å². The number of rotatable bonds is 7. The Morgan fingerprint density at radius 3 is 1.19 bits per heavy atom. The third-order valence-electron chi connectivity index (χ3n) is 6.86. The van der Waals surface area contributed by atoms with Crippen molar-refractivity contribution in [2.24, 2.45) is 0 Å². The fraction of sp³-hybridized carbons (Fsp3) is 0.219. The van der Waals surface area contributed by atoms with Gasteiger partial charge in [0, 0.05) is 10.8 Å². The highest BCUT2D eigenvalue weighted by atomic mass is 16.7. The van der Waals surface area contributed by atoms with Crippen LogP contribution in [0.2, 0.25) is 0 Å². The van der Waals surface area contributed by atoms with Crippen molar-refractivity contribution in [3.8, 4) is 17.2 Å². The highest BCUT2D eigenvalue weighted by Gasteiger charge is 2.24. The van der Waals surface area contributed by atoms with Gasteiger partial charge in [-0.15, -0.1) is 0 Å². The Hall–Kier alpha value is -4.05. The Labute approximate surface area is 213 Å². The van der Waals surface area contributed by atoms with Crippen LogP contribution in [0.15, 0.2) is 103 Å². The van der Waals surface area contributed by atoms with Crippen LogP contribution in [0, 0.1) is 0 Å². The molecular weight excluding hydrogens is 448 g/mol. The van der Waals surface area contributed by atoms with Gasteiger partial charge in [0.15, 0.2) is 0 Å². The van der Waals surface area contributed by atoms with E-state index in [0.29, 0.717) is 11.5 Å². The number of benzene rings is 4. The van der Waals surface area contributed by atoms with Gasteiger partial charge in [0.1, 0.15) is 17.2 Å². The van der Waals surface area contributed by atoms with E-state index in [1.54, 1.807) is 31.4 Å². The maximum Gasteiger partial charge on any atom is 0.519 e. The summed E-state index contributed by atoms with van der Waals surface area (Å²) in [6.07, 6.45) is -0.771. The first-order valence-electron chi connectivity index (χ1n) is 12.0. The van der Waals surface area contributed by atoms with E-state index in [9.17, 15) is 4.79 Å². The van der Waals surface area contributed by atoms with Gasteiger partial charge in [0.25, 0.3) is 0 Å². The van der Waals surface area contributed by atoms with Gasteiger partial charge in [-0.05, 0) is 58.7 Å². The molecule has 0 amide bonds. The van der Waals surface area contributed by atoms with Gasteiger partial charge in [-0.2, -0.15) is 0 Å². The van der Waals surface area contributed by atoms with E-state index in [0.717, 1.165) is 22.4 Å². The molecule has 4 rings (SSSR count). The van der Waals surface area contributed by atoms with E-state index in [4.69, 9.17) is 14.2 Å². The van der Waals surface area contributed by atoms with Gasteiger partial charge in [0.05, 0.1) is 7.11 Å². The number of ether oxygens (including phenoxy) is 3. The van der Waals surface area contributed by atoms with Crippen LogP contribution >= 0.6 is 0 Å². The molecule has 184 valence electrons. The van der Waals surface area contributed by atoms with Gasteiger partial charge >= 0.3 is 6.16 Å². The maximum absolute atomic E-state index is 12.4. The second-order valence-electron chi connectivity index (χ2n) is 9.85. The van der Waals surface area contributed by atoms with Crippen LogP contribution in [0.5, 0.6) is 17.2 Å². The zero-order valence-electron chi connectivity index (χ0n) is 21.4. The molecule has 4 aromatic carbocycles. The van der Waals surface area contributed by atoms with Crippen molar-refractivity contribution in [2.45, 2.75) is 38.5 Å². The third-order valence-corrected chi connectivity index (χ3v) is 6.86. The average Bonchev–Trinajstić information content (AvgIpc) is 2.90. The van der Waals surface area contributed by atoms with Gasteiger partial charge < -0.3 is 14.2 Å².